The highest BCUT2D eigenvalue weighted by molar-refractivity contribution is 8.19. The number of hydrogen-bond donors (Lipinski definition) is 3. The average molecular weight is 405 g/mol. The number of benzene rings is 1. The summed E-state index contributed by atoms with van der Waals surface area (Å²) >= 11 is 1.01. The maximum Gasteiger partial charge on any atom is 0.273 e. The summed E-state index contributed by atoms with van der Waals surface area (Å²) < 4.78 is 5.79. The molecule has 1 fully saturated rings. The van der Waals surface area contributed by atoms with E-state index in [0.29, 0.717) is 33.1 Å². The van der Waals surface area contributed by atoms with E-state index in [2.05, 4.69) is 15.3 Å². The van der Waals surface area contributed by atoms with Gasteiger partial charge in [0.1, 0.15) is 11.5 Å². The van der Waals surface area contributed by atoms with Gasteiger partial charge in [-0.05, 0) is 36.0 Å². The maximum absolute atomic E-state index is 12.6. The van der Waals surface area contributed by atoms with Gasteiger partial charge in [0.15, 0.2) is 5.17 Å². The summed E-state index contributed by atoms with van der Waals surface area (Å²) in [7, 11) is 0. The normalized spacial score (nSPS) is 17.4. The summed E-state index contributed by atoms with van der Waals surface area (Å²) in [6, 6.07) is 8.26. The Hall–Kier alpha value is -3.92. The fourth-order valence-corrected chi connectivity index (χ4v) is 3.92. The van der Waals surface area contributed by atoms with Crippen LogP contribution in [0.5, 0.6) is 0 Å². The highest BCUT2D eigenvalue weighted by Gasteiger charge is 2.35. The van der Waals surface area contributed by atoms with E-state index in [1.165, 1.54) is 11.1 Å². The Morgan fingerprint density at radius 3 is 2.72 bits per heavy atom. The number of H-pyrrole nitrogens is 1. The number of amides is 3. The summed E-state index contributed by atoms with van der Waals surface area (Å²) in [5.74, 6) is -0.0410. The van der Waals surface area contributed by atoms with Crippen molar-refractivity contribution < 1.29 is 18.8 Å². The number of thioether (sulfide) groups is 1. The van der Waals surface area contributed by atoms with Crippen molar-refractivity contribution >= 4 is 46.7 Å². The third-order valence-electron chi connectivity index (χ3n) is 4.44. The zero-order chi connectivity index (χ0) is 20.1. The Morgan fingerprint density at radius 2 is 1.93 bits per heavy atom. The number of rotatable bonds is 3. The van der Waals surface area contributed by atoms with Crippen LogP contribution in [0.2, 0.25) is 0 Å². The van der Waals surface area contributed by atoms with Crippen molar-refractivity contribution in [2.24, 2.45) is 0 Å². The van der Waals surface area contributed by atoms with Crippen LogP contribution in [-0.2, 0) is 4.79 Å². The zero-order valence-corrected chi connectivity index (χ0v) is 15.4. The molecule has 0 unspecified atom stereocenters. The number of hydrogen-bond acceptors (Lipinski definition) is 7. The van der Waals surface area contributed by atoms with E-state index in [0.717, 1.165) is 11.8 Å². The molecule has 9 nitrogen and oxygen atoms in total. The van der Waals surface area contributed by atoms with Gasteiger partial charge < -0.3 is 9.40 Å². The van der Waals surface area contributed by atoms with Crippen LogP contribution in [0.1, 0.15) is 26.5 Å². The standard InChI is InChI=1S/C19H11N5O4S/c20-18-24(19-21-5-6-22-19)17(27)14(29-18)8-10-2-4-13(28-10)9-1-3-11-12(7-9)16(26)23-15(11)25/h1-8,20H,(H,21,22)(H,23,25,26). The van der Waals surface area contributed by atoms with Crippen molar-refractivity contribution in [1.82, 2.24) is 15.3 Å². The van der Waals surface area contributed by atoms with Gasteiger partial charge >= 0.3 is 0 Å². The van der Waals surface area contributed by atoms with E-state index in [1.54, 1.807) is 42.6 Å². The number of nitrogens with one attached hydrogen (secondary N) is 3. The van der Waals surface area contributed by atoms with E-state index in [4.69, 9.17) is 9.83 Å². The fraction of sp³-hybridized carbons (Fsp3) is 0. The molecule has 4 heterocycles. The van der Waals surface area contributed by atoms with Crippen LogP contribution in [0.4, 0.5) is 5.95 Å². The summed E-state index contributed by atoms with van der Waals surface area (Å²) in [4.78, 5) is 44.4. The number of furan rings is 1. The second-order valence-corrected chi connectivity index (χ2v) is 7.25. The van der Waals surface area contributed by atoms with Gasteiger partial charge in [-0.3, -0.25) is 25.1 Å². The lowest BCUT2D eigenvalue weighted by Gasteiger charge is -2.09. The zero-order valence-electron chi connectivity index (χ0n) is 14.6. The fourth-order valence-electron chi connectivity index (χ4n) is 3.09. The van der Waals surface area contributed by atoms with Crippen LogP contribution in [-0.4, -0.2) is 32.9 Å². The molecule has 0 bridgehead atoms. The molecule has 1 saturated heterocycles. The molecule has 3 aromatic rings. The number of anilines is 1. The molecule has 142 valence electrons. The van der Waals surface area contributed by atoms with E-state index < -0.39 is 11.8 Å². The Kier molecular flexibility index (Phi) is 3.74. The van der Waals surface area contributed by atoms with Crippen LogP contribution >= 0.6 is 11.8 Å². The minimum absolute atomic E-state index is 0.0391. The molecule has 0 aliphatic carbocycles. The highest BCUT2D eigenvalue weighted by Crippen LogP contribution is 2.35. The molecule has 0 saturated carbocycles. The third-order valence-corrected chi connectivity index (χ3v) is 5.33. The number of amidine groups is 1. The van der Waals surface area contributed by atoms with E-state index >= 15 is 0 Å². The Labute approximate surface area is 167 Å². The van der Waals surface area contributed by atoms with E-state index in [9.17, 15) is 14.4 Å². The van der Waals surface area contributed by atoms with Crippen molar-refractivity contribution in [3.8, 4) is 11.3 Å². The largest absolute Gasteiger partial charge is 0.457 e. The first-order valence-electron chi connectivity index (χ1n) is 8.43. The van der Waals surface area contributed by atoms with Crippen molar-refractivity contribution in [2.45, 2.75) is 0 Å². The number of aromatic nitrogens is 2. The summed E-state index contributed by atoms with van der Waals surface area (Å²) in [5, 5.41) is 10.3. The van der Waals surface area contributed by atoms with Gasteiger partial charge in [0, 0.05) is 24.0 Å². The molecule has 2 aliphatic rings. The van der Waals surface area contributed by atoms with Crippen molar-refractivity contribution in [2.75, 3.05) is 4.90 Å². The molecule has 0 atom stereocenters. The second kappa shape index (κ2) is 6.31. The number of nitrogens with zero attached hydrogens (tertiary/aromatic N) is 2. The van der Waals surface area contributed by atoms with Gasteiger partial charge in [-0.2, -0.15) is 0 Å². The Balaban J connectivity index is 1.43. The van der Waals surface area contributed by atoms with Gasteiger partial charge in [-0.1, -0.05) is 6.07 Å². The van der Waals surface area contributed by atoms with E-state index in [-0.39, 0.29) is 17.0 Å². The maximum atomic E-state index is 12.6. The van der Waals surface area contributed by atoms with Gasteiger partial charge in [-0.15, -0.1) is 0 Å². The molecular formula is C19H11N5O4S. The molecule has 3 amide bonds. The molecule has 10 heteroatoms. The van der Waals surface area contributed by atoms with Crippen LogP contribution in [0.25, 0.3) is 17.4 Å². The van der Waals surface area contributed by atoms with Gasteiger partial charge in [-0.25, -0.2) is 9.88 Å². The van der Waals surface area contributed by atoms with Gasteiger partial charge in [0.05, 0.1) is 16.0 Å². The van der Waals surface area contributed by atoms with E-state index in [1.807, 2.05) is 0 Å². The van der Waals surface area contributed by atoms with Crippen LogP contribution in [0.15, 0.2) is 52.0 Å². The summed E-state index contributed by atoms with van der Waals surface area (Å²) in [5.41, 5.74) is 1.26. The molecule has 2 aliphatic heterocycles. The lowest BCUT2D eigenvalue weighted by atomic mass is 10.0. The number of carbonyl (C=O) groups is 3. The lowest BCUT2D eigenvalue weighted by molar-refractivity contribution is -0.113. The summed E-state index contributed by atoms with van der Waals surface area (Å²) in [6.07, 6.45) is 4.63. The van der Waals surface area contributed by atoms with Gasteiger partial charge in [0.2, 0.25) is 5.95 Å². The average Bonchev–Trinajstić information content (AvgIpc) is 3.47. The highest BCUT2D eigenvalue weighted by atomic mass is 32.2. The molecule has 2 aromatic heterocycles. The first-order chi connectivity index (χ1) is 14.0. The van der Waals surface area contributed by atoms with Crippen LogP contribution < -0.4 is 10.2 Å². The number of fused-ring (bicyclic) bond motifs is 1. The SMILES string of the molecule is N=C1SC(=Cc2ccc(-c3ccc4c(c3)C(=O)NC4=O)o2)C(=O)N1c1ncc[nH]1. The van der Waals surface area contributed by atoms with Gasteiger partial charge in [0.25, 0.3) is 17.7 Å². The molecule has 29 heavy (non-hydrogen) atoms. The quantitative estimate of drug-likeness (QED) is 0.453. The first-order valence-corrected chi connectivity index (χ1v) is 9.25. The minimum atomic E-state index is -0.440. The number of carbonyl (C=O) groups excluding carboxylic acids is 3. The molecule has 5 rings (SSSR count). The van der Waals surface area contributed by atoms with Crippen LogP contribution in [0.3, 0.4) is 0 Å². The number of aromatic amines is 1. The topological polar surface area (TPSA) is 132 Å². The van der Waals surface area contributed by atoms with Crippen molar-refractivity contribution in [3.63, 3.8) is 0 Å². The predicted octanol–water partition coefficient (Wildman–Crippen LogP) is 2.61. The lowest BCUT2D eigenvalue weighted by Crippen LogP contribution is -2.29. The monoisotopic (exact) mass is 405 g/mol. The smallest absolute Gasteiger partial charge is 0.273 e. The number of imidazole rings is 1. The third kappa shape index (κ3) is 2.77. The first kappa shape index (κ1) is 17.2. The van der Waals surface area contributed by atoms with Crippen molar-refractivity contribution in [3.05, 3.63) is 64.5 Å². The predicted molar refractivity (Wildman–Crippen MR) is 105 cm³/mol. The molecular weight excluding hydrogens is 394 g/mol. The number of imide groups is 1. The van der Waals surface area contributed by atoms with Crippen molar-refractivity contribution in [1.29, 1.82) is 5.41 Å². The molecule has 3 N–H and O–H groups in total. The second-order valence-electron chi connectivity index (χ2n) is 6.21. The van der Waals surface area contributed by atoms with Crippen LogP contribution in [0, 0.1) is 5.41 Å². The Bertz CT molecular complexity index is 1240. The minimum Gasteiger partial charge on any atom is -0.457 e. The Morgan fingerprint density at radius 1 is 1.10 bits per heavy atom. The molecule has 1 aromatic carbocycles. The molecule has 0 spiro atoms. The molecule has 0 radical (unpaired) electrons. The summed E-state index contributed by atoms with van der Waals surface area (Å²) in [6.45, 7) is 0.